The van der Waals surface area contributed by atoms with Crippen LogP contribution in [-0.4, -0.2) is 17.4 Å². The van der Waals surface area contributed by atoms with Crippen LogP contribution in [-0.2, 0) is 5.41 Å². The van der Waals surface area contributed by atoms with Gasteiger partial charge in [0.2, 0.25) is 0 Å². The monoisotopic (exact) mass is 286 g/mol. The van der Waals surface area contributed by atoms with Gasteiger partial charge in [0.15, 0.2) is 0 Å². The molecule has 1 heterocycles. The molecule has 0 aliphatic rings. The third kappa shape index (κ3) is 4.31. The van der Waals surface area contributed by atoms with E-state index in [2.05, 4.69) is 16.9 Å². The highest BCUT2D eigenvalue weighted by atomic mass is 35.5. The molecule has 0 aromatic carbocycles. The van der Waals surface area contributed by atoms with Crippen molar-refractivity contribution in [1.82, 2.24) is 10.3 Å². The summed E-state index contributed by atoms with van der Waals surface area (Å²) in [6.45, 7) is 9.76. The molecule has 0 saturated carbocycles. The summed E-state index contributed by atoms with van der Waals surface area (Å²) < 4.78 is 0. The third-order valence-electron chi connectivity index (χ3n) is 2.27. The lowest BCUT2D eigenvalue weighted by atomic mass is 9.91. The van der Waals surface area contributed by atoms with Crippen molar-refractivity contribution in [2.24, 2.45) is 0 Å². The standard InChI is InChI=1S/C13H16Cl2N2O/c1-8(14)7-16-12(18)9-5-10(13(2,3)4)17-11(15)6-9/h5-6H,1,7H2,2-4H3,(H,16,18). The zero-order chi connectivity index (χ0) is 13.9. The minimum atomic E-state index is -0.244. The molecule has 0 bridgehead atoms. The van der Waals surface area contributed by atoms with Gasteiger partial charge < -0.3 is 5.32 Å². The normalized spacial score (nSPS) is 11.2. The number of carbonyl (C=O) groups excluding carboxylic acids is 1. The zero-order valence-corrected chi connectivity index (χ0v) is 12.2. The Morgan fingerprint density at radius 2 is 2.06 bits per heavy atom. The van der Waals surface area contributed by atoms with E-state index in [0.717, 1.165) is 5.69 Å². The van der Waals surface area contributed by atoms with Crippen LogP contribution in [0, 0.1) is 0 Å². The van der Waals surface area contributed by atoms with Crippen LogP contribution in [0.15, 0.2) is 23.7 Å². The van der Waals surface area contributed by atoms with Crippen molar-refractivity contribution in [2.45, 2.75) is 26.2 Å². The topological polar surface area (TPSA) is 42.0 Å². The molecule has 98 valence electrons. The largest absolute Gasteiger partial charge is 0.347 e. The maximum atomic E-state index is 11.9. The molecule has 1 aromatic rings. The quantitative estimate of drug-likeness (QED) is 0.864. The number of aromatic nitrogens is 1. The van der Waals surface area contributed by atoms with Gasteiger partial charge in [0.25, 0.3) is 5.91 Å². The van der Waals surface area contributed by atoms with E-state index in [1.54, 1.807) is 6.07 Å². The van der Waals surface area contributed by atoms with Crippen molar-refractivity contribution >= 4 is 29.1 Å². The van der Waals surface area contributed by atoms with Gasteiger partial charge in [-0.15, -0.1) is 0 Å². The summed E-state index contributed by atoms with van der Waals surface area (Å²) >= 11 is 11.5. The van der Waals surface area contributed by atoms with Crippen molar-refractivity contribution in [2.75, 3.05) is 6.54 Å². The van der Waals surface area contributed by atoms with Gasteiger partial charge in [0.1, 0.15) is 5.15 Å². The van der Waals surface area contributed by atoms with Gasteiger partial charge in [0, 0.05) is 21.7 Å². The Morgan fingerprint density at radius 3 is 2.56 bits per heavy atom. The van der Waals surface area contributed by atoms with Crippen molar-refractivity contribution in [3.05, 3.63) is 40.2 Å². The number of halogens is 2. The lowest BCUT2D eigenvalue weighted by Gasteiger charge is -2.18. The average molecular weight is 287 g/mol. The Labute approximate surface area is 117 Å². The summed E-state index contributed by atoms with van der Waals surface area (Å²) in [5.74, 6) is -0.244. The number of nitrogens with one attached hydrogen (secondary N) is 1. The van der Waals surface area contributed by atoms with Crippen molar-refractivity contribution in [1.29, 1.82) is 0 Å². The van der Waals surface area contributed by atoms with E-state index in [1.165, 1.54) is 6.07 Å². The summed E-state index contributed by atoms with van der Waals surface area (Å²) in [7, 11) is 0. The van der Waals surface area contributed by atoms with Crippen molar-refractivity contribution in [3.8, 4) is 0 Å². The first-order valence-corrected chi connectivity index (χ1v) is 6.25. The number of nitrogens with zero attached hydrogens (tertiary/aromatic N) is 1. The average Bonchev–Trinajstić information content (AvgIpc) is 2.23. The molecule has 0 atom stereocenters. The molecule has 0 saturated heterocycles. The molecule has 0 spiro atoms. The van der Waals surface area contributed by atoms with E-state index in [4.69, 9.17) is 23.2 Å². The summed E-state index contributed by atoms with van der Waals surface area (Å²) in [6.07, 6.45) is 0. The summed E-state index contributed by atoms with van der Waals surface area (Å²) in [5, 5.41) is 3.33. The number of amides is 1. The van der Waals surface area contributed by atoms with Crippen LogP contribution < -0.4 is 5.32 Å². The molecule has 1 rings (SSSR count). The smallest absolute Gasteiger partial charge is 0.251 e. The van der Waals surface area contributed by atoms with Crippen LogP contribution in [0.3, 0.4) is 0 Å². The number of rotatable bonds is 3. The van der Waals surface area contributed by atoms with E-state index >= 15 is 0 Å². The van der Waals surface area contributed by atoms with E-state index in [-0.39, 0.29) is 17.9 Å². The predicted octanol–water partition coefficient (Wildman–Crippen LogP) is 3.51. The van der Waals surface area contributed by atoms with Gasteiger partial charge in [-0.25, -0.2) is 4.98 Å². The van der Waals surface area contributed by atoms with E-state index in [9.17, 15) is 4.79 Å². The van der Waals surface area contributed by atoms with E-state index in [0.29, 0.717) is 15.7 Å². The van der Waals surface area contributed by atoms with Crippen LogP contribution in [0.5, 0.6) is 0 Å². The Hall–Kier alpha value is -1.06. The highest BCUT2D eigenvalue weighted by Crippen LogP contribution is 2.23. The fourth-order valence-electron chi connectivity index (χ4n) is 1.29. The van der Waals surface area contributed by atoms with Crippen molar-refractivity contribution in [3.63, 3.8) is 0 Å². The van der Waals surface area contributed by atoms with Crippen LogP contribution in [0.4, 0.5) is 0 Å². The number of hydrogen-bond donors (Lipinski definition) is 1. The van der Waals surface area contributed by atoms with Gasteiger partial charge in [0.05, 0.1) is 6.54 Å². The second-order valence-electron chi connectivity index (χ2n) is 5.01. The Kier molecular flexibility index (Phi) is 4.77. The summed E-state index contributed by atoms with van der Waals surface area (Å²) in [4.78, 5) is 16.1. The van der Waals surface area contributed by atoms with Crippen molar-refractivity contribution < 1.29 is 4.79 Å². The zero-order valence-electron chi connectivity index (χ0n) is 10.7. The molecule has 0 radical (unpaired) electrons. The molecule has 3 nitrogen and oxygen atoms in total. The maximum absolute atomic E-state index is 11.9. The van der Waals surface area contributed by atoms with Gasteiger partial charge in [-0.05, 0) is 12.1 Å². The highest BCUT2D eigenvalue weighted by molar-refractivity contribution is 6.30. The van der Waals surface area contributed by atoms with Gasteiger partial charge in [-0.3, -0.25) is 4.79 Å². The predicted molar refractivity (Wildman–Crippen MR) is 75.3 cm³/mol. The lowest BCUT2D eigenvalue weighted by Crippen LogP contribution is -2.25. The van der Waals surface area contributed by atoms with Crippen LogP contribution in [0.1, 0.15) is 36.8 Å². The van der Waals surface area contributed by atoms with Crippen LogP contribution in [0.2, 0.25) is 5.15 Å². The fourth-order valence-corrected chi connectivity index (χ4v) is 1.57. The molecule has 0 unspecified atom stereocenters. The number of carbonyl (C=O) groups is 1. The summed E-state index contributed by atoms with van der Waals surface area (Å²) in [5.41, 5.74) is 1.07. The molecule has 0 fully saturated rings. The van der Waals surface area contributed by atoms with Crippen LogP contribution >= 0.6 is 23.2 Å². The second-order valence-corrected chi connectivity index (χ2v) is 5.94. The van der Waals surface area contributed by atoms with E-state index < -0.39 is 0 Å². The minimum Gasteiger partial charge on any atom is -0.347 e. The lowest BCUT2D eigenvalue weighted by molar-refractivity contribution is 0.0957. The van der Waals surface area contributed by atoms with Gasteiger partial charge in [-0.2, -0.15) is 0 Å². The Balaban J connectivity index is 2.99. The molecule has 0 aliphatic carbocycles. The first kappa shape index (κ1) is 15.0. The molecule has 1 N–H and O–H groups in total. The van der Waals surface area contributed by atoms with E-state index in [1.807, 2.05) is 20.8 Å². The molecule has 1 amide bonds. The first-order chi connectivity index (χ1) is 8.20. The Bertz CT molecular complexity index is 478. The third-order valence-corrected chi connectivity index (χ3v) is 2.59. The molecular formula is C13H16Cl2N2O. The SMILES string of the molecule is C=C(Cl)CNC(=O)c1cc(Cl)nc(C(C)(C)C)c1. The molecule has 5 heteroatoms. The first-order valence-electron chi connectivity index (χ1n) is 5.49. The molecular weight excluding hydrogens is 271 g/mol. The fraction of sp³-hybridized carbons (Fsp3) is 0.385. The number of pyridine rings is 1. The second kappa shape index (κ2) is 5.72. The summed E-state index contributed by atoms with van der Waals surface area (Å²) in [6, 6.07) is 3.27. The van der Waals surface area contributed by atoms with Gasteiger partial charge in [-0.1, -0.05) is 50.6 Å². The molecule has 0 aliphatic heterocycles. The van der Waals surface area contributed by atoms with Gasteiger partial charge >= 0.3 is 0 Å². The maximum Gasteiger partial charge on any atom is 0.251 e. The van der Waals surface area contributed by atoms with Crippen LogP contribution in [0.25, 0.3) is 0 Å². The minimum absolute atomic E-state index is 0.171. The number of hydrogen-bond acceptors (Lipinski definition) is 2. The highest BCUT2D eigenvalue weighted by Gasteiger charge is 2.18. The molecule has 18 heavy (non-hydrogen) atoms. The Morgan fingerprint density at radius 1 is 1.44 bits per heavy atom. The molecule has 1 aromatic heterocycles.